The number of benzene rings is 1. The van der Waals surface area contributed by atoms with E-state index in [0.717, 1.165) is 10.0 Å². The molecule has 0 aromatic heterocycles. The van der Waals surface area contributed by atoms with Crippen LogP contribution in [0.3, 0.4) is 0 Å². The van der Waals surface area contributed by atoms with Crippen LogP contribution in [0, 0.1) is 17.2 Å². The SMILES string of the molecule is C[C@@H]1CC(=O)C2=C(C1)OC(N)=C(C#N)[C@H]2c1ccc(Br)cc1. The van der Waals surface area contributed by atoms with Gasteiger partial charge in [0.1, 0.15) is 17.4 Å². The summed E-state index contributed by atoms with van der Waals surface area (Å²) in [6.45, 7) is 2.01. The van der Waals surface area contributed by atoms with Gasteiger partial charge in [-0.3, -0.25) is 4.79 Å². The van der Waals surface area contributed by atoms with Crippen molar-refractivity contribution in [1.29, 1.82) is 5.26 Å². The minimum absolute atomic E-state index is 0.0434. The van der Waals surface area contributed by atoms with Crippen molar-refractivity contribution in [1.82, 2.24) is 0 Å². The van der Waals surface area contributed by atoms with Gasteiger partial charge in [0.15, 0.2) is 5.78 Å². The largest absolute Gasteiger partial charge is 0.444 e. The summed E-state index contributed by atoms with van der Waals surface area (Å²) < 4.78 is 6.54. The normalized spacial score (nSPS) is 24.7. The van der Waals surface area contributed by atoms with Crippen LogP contribution in [-0.2, 0) is 9.53 Å². The second kappa shape index (κ2) is 5.62. The Balaban J connectivity index is 2.16. The lowest BCUT2D eigenvalue weighted by Crippen LogP contribution is -2.29. The summed E-state index contributed by atoms with van der Waals surface area (Å²) in [6.07, 6.45) is 1.15. The van der Waals surface area contributed by atoms with Crippen molar-refractivity contribution < 1.29 is 9.53 Å². The Labute approximate surface area is 137 Å². The molecule has 1 aliphatic carbocycles. The van der Waals surface area contributed by atoms with Gasteiger partial charge in [-0.25, -0.2) is 0 Å². The molecule has 0 radical (unpaired) electrons. The molecule has 1 heterocycles. The number of hydrogen-bond acceptors (Lipinski definition) is 4. The third kappa shape index (κ3) is 2.44. The van der Waals surface area contributed by atoms with Crippen molar-refractivity contribution >= 4 is 21.7 Å². The lowest BCUT2D eigenvalue weighted by Gasteiger charge is -2.32. The molecule has 2 N–H and O–H groups in total. The molecule has 1 aromatic rings. The monoisotopic (exact) mass is 358 g/mol. The van der Waals surface area contributed by atoms with Gasteiger partial charge in [-0.05, 0) is 23.6 Å². The van der Waals surface area contributed by atoms with Gasteiger partial charge in [-0.2, -0.15) is 5.26 Å². The molecule has 0 unspecified atom stereocenters. The second-order valence-electron chi connectivity index (χ2n) is 5.75. The summed E-state index contributed by atoms with van der Waals surface area (Å²) in [7, 11) is 0. The molecule has 0 fully saturated rings. The third-order valence-electron chi connectivity index (χ3n) is 4.07. The molecule has 1 aromatic carbocycles. The van der Waals surface area contributed by atoms with Crippen LogP contribution in [0.2, 0.25) is 0 Å². The fourth-order valence-electron chi connectivity index (χ4n) is 3.08. The van der Waals surface area contributed by atoms with Crippen molar-refractivity contribution in [3.05, 3.63) is 57.1 Å². The van der Waals surface area contributed by atoms with Crippen LogP contribution in [0.25, 0.3) is 0 Å². The Bertz CT molecular complexity index is 741. The highest BCUT2D eigenvalue weighted by atomic mass is 79.9. The minimum atomic E-state index is -0.429. The Hall–Kier alpha value is -2.06. The van der Waals surface area contributed by atoms with Gasteiger partial charge >= 0.3 is 0 Å². The molecule has 3 rings (SSSR count). The topological polar surface area (TPSA) is 76.1 Å². The van der Waals surface area contributed by atoms with Crippen LogP contribution < -0.4 is 5.73 Å². The van der Waals surface area contributed by atoms with E-state index < -0.39 is 5.92 Å². The van der Waals surface area contributed by atoms with Gasteiger partial charge in [0, 0.05) is 22.9 Å². The van der Waals surface area contributed by atoms with Crippen LogP contribution in [0.4, 0.5) is 0 Å². The minimum Gasteiger partial charge on any atom is -0.444 e. The highest BCUT2D eigenvalue weighted by Crippen LogP contribution is 2.44. The van der Waals surface area contributed by atoms with Crippen LogP contribution in [-0.4, -0.2) is 5.78 Å². The van der Waals surface area contributed by atoms with Crippen LogP contribution in [0.5, 0.6) is 0 Å². The first-order valence-electron chi connectivity index (χ1n) is 7.10. The Morgan fingerprint density at radius 3 is 2.64 bits per heavy atom. The lowest BCUT2D eigenvalue weighted by molar-refractivity contribution is -0.117. The molecule has 112 valence electrons. The summed E-state index contributed by atoms with van der Waals surface area (Å²) in [5, 5.41) is 9.47. The molecule has 0 amide bonds. The zero-order valence-electron chi connectivity index (χ0n) is 12.1. The smallest absolute Gasteiger partial charge is 0.205 e. The number of ether oxygens (including phenoxy) is 1. The van der Waals surface area contributed by atoms with E-state index in [-0.39, 0.29) is 17.6 Å². The number of halogens is 1. The van der Waals surface area contributed by atoms with Gasteiger partial charge in [0.25, 0.3) is 0 Å². The predicted octanol–water partition coefficient (Wildman–Crippen LogP) is 3.51. The van der Waals surface area contributed by atoms with Gasteiger partial charge < -0.3 is 10.5 Å². The Kier molecular flexibility index (Phi) is 3.79. The molecule has 5 heteroatoms. The predicted molar refractivity (Wildman–Crippen MR) is 85.2 cm³/mol. The van der Waals surface area contributed by atoms with Gasteiger partial charge in [0.2, 0.25) is 5.88 Å². The van der Waals surface area contributed by atoms with Gasteiger partial charge in [0.05, 0.1) is 5.92 Å². The number of ketones is 1. The number of hydrogen-bond donors (Lipinski definition) is 1. The highest BCUT2D eigenvalue weighted by Gasteiger charge is 2.39. The Morgan fingerprint density at radius 1 is 1.32 bits per heavy atom. The number of allylic oxidation sites excluding steroid dienone is 3. The highest BCUT2D eigenvalue weighted by molar-refractivity contribution is 9.10. The zero-order valence-corrected chi connectivity index (χ0v) is 13.7. The Morgan fingerprint density at radius 2 is 2.00 bits per heavy atom. The van der Waals surface area contributed by atoms with E-state index in [4.69, 9.17) is 10.5 Å². The molecule has 1 aliphatic heterocycles. The van der Waals surface area contributed by atoms with Gasteiger partial charge in [-0.1, -0.05) is 35.0 Å². The van der Waals surface area contributed by atoms with Crippen molar-refractivity contribution in [2.24, 2.45) is 11.7 Å². The van der Waals surface area contributed by atoms with E-state index in [9.17, 15) is 10.1 Å². The molecule has 0 saturated heterocycles. The summed E-state index contributed by atoms with van der Waals surface area (Å²) in [5.41, 5.74) is 7.70. The quantitative estimate of drug-likeness (QED) is 0.833. The average Bonchev–Trinajstić information content (AvgIpc) is 2.46. The van der Waals surface area contributed by atoms with E-state index in [1.54, 1.807) is 0 Å². The number of carbonyl (C=O) groups excluding carboxylic acids is 1. The molecular weight excluding hydrogens is 344 g/mol. The van der Waals surface area contributed by atoms with E-state index >= 15 is 0 Å². The number of Topliss-reactive ketones (excluding diaryl/α,β-unsaturated/α-hetero) is 1. The number of rotatable bonds is 1. The first kappa shape index (κ1) is 14.9. The maximum Gasteiger partial charge on any atom is 0.205 e. The molecule has 0 saturated carbocycles. The van der Waals surface area contributed by atoms with Crippen LogP contribution in [0.1, 0.15) is 31.2 Å². The fourth-order valence-corrected chi connectivity index (χ4v) is 3.35. The summed E-state index contributed by atoms with van der Waals surface area (Å²) in [5.74, 6) is 0.571. The van der Waals surface area contributed by atoms with Crippen molar-refractivity contribution in [3.63, 3.8) is 0 Å². The number of nitrogens with two attached hydrogens (primary N) is 1. The molecule has 22 heavy (non-hydrogen) atoms. The number of nitriles is 1. The molecule has 0 spiro atoms. The number of carbonyl (C=O) groups is 1. The van der Waals surface area contributed by atoms with Crippen molar-refractivity contribution in [3.8, 4) is 6.07 Å². The maximum atomic E-state index is 12.5. The third-order valence-corrected chi connectivity index (χ3v) is 4.60. The van der Waals surface area contributed by atoms with Crippen LogP contribution in [0.15, 0.2) is 51.5 Å². The van der Waals surface area contributed by atoms with Crippen molar-refractivity contribution in [2.45, 2.75) is 25.7 Å². The molecular formula is C17H15BrN2O2. The first-order valence-corrected chi connectivity index (χ1v) is 7.89. The molecule has 2 atom stereocenters. The average molecular weight is 359 g/mol. The van der Waals surface area contributed by atoms with E-state index in [1.165, 1.54) is 0 Å². The number of nitrogens with zero attached hydrogens (tertiary/aromatic N) is 1. The second-order valence-corrected chi connectivity index (χ2v) is 6.67. The van der Waals surface area contributed by atoms with E-state index in [0.29, 0.717) is 29.7 Å². The molecule has 2 aliphatic rings. The fraction of sp³-hybridized carbons (Fsp3) is 0.294. The van der Waals surface area contributed by atoms with Gasteiger partial charge in [-0.15, -0.1) is 0 Å². The zero-order chi connectivity index (χ0) is 15.9. The summed E-state index contributed by atoms with van der Waals surface area (Å²) in [4.78, 5) is 12.5. The first-order chi connectivity index (χ1) is 10.5. The van der Waals surface area contributed by atoms with E-state index in [1.807, 2.05) is 31.2 Å². The maximum absolute atomic E-state index is 12.5. The lowest BCUT2D eigenvalue weighted by atomic mass is 9.75. The molecule has 0 bridgehead atoms. The summed E-state index contributed by atoms with van der Waals surface area (Å²) in [6, 6.07) is 9.71. The standard InChI is InChI=1S/C17H15BrN2O2/c1-9-6-13(21)16-14(7-9)22-17(20)12(8-19)15(16)10-2-4-11(18)5-3-10/h2-5,9,15H,6-7,20H2,1H3/t9-,15-/m1/s1. The molecule has 4 nitrogen and oxygen atoms in total. The van der Waals surface area contributed by atoms with E-state index in [2.05, 4.69) is 22.0 Å². The van der Waals surface area contributed by atoms with Crippen molar-refractivity contribution in [2.75, 3.05) is 0 Å². The van der Waals surface area contributed by atoms with Crippen LogP contribution >= 0.6 is 15.9 Å². The summed E-state index contributed by atoms with van der Waals surface area (Å²) >= 11 is 3.40.